The summed E-state index contributed by atoms with van der Waals surface area (Å²) in [6.45, 7) is 3.95. The van der Waals surface area contributed by atoms with Crippen LogP contribution in [0.2, 0.25) is 10.0 Å². The number of amides is 2. The fourth-order valence-corrected chi connectivity index (χ4v) is 2.46. The maximum atomic E-state index is 11.8. The largest absolute Gasteiger partial charge is 0.472 e. The molecule has 116 valence electrons. The van der Waals surface area contributed by atoms with Gasteiger partial charge in [0.2, 0.25) is 0 Å². The van der Waals surface area contributed by atoms with Gasteiger partial charge in [0.05, 0.1) is 5.02 Å². The number of ether oxygens (including phenoxy) is 1. The zero-order valence-electron chi connectivity index (χ0n) is 12.2. The van der Waals surface area contributed by atoms with Crippen molar-refractivity contribution in [1.82, 2.24) is 5.32 Å². The highest BCUT2D eigenvalue weighted by molar-refractivity contribution is 6.35. The first-order chi connectivity index (χ1) is 10.4. The highest BCUT2D eigenvalue weighted by atomic mass is 35.5. The maximum absolute atomic E-state index is 11.8. The fraction of sp³-hybridized carbons (Fsp3) is 0.188. The van der Waals surface area contributed by atoms with Gasteiger partial charge in [0, 0.05) is 10.7 Å². The van der Waals surface area contributed by atoms with Gasteiger partial charge in [0.25, 0.3) is 0 Å². The molecule has 0 aliphatic carbocycles. The summed E-state index contributed by atoms with van der Waals surface area (Å²) < 4.78 is 5.39. The summed E-state index contributed by atoms with van der Waals surface area (Å²) in [5.41, 5.74) is 2.90. The lowest BCUT2D eigenvalue weighted by atomic mass is 10.1. The molecule has 0 aliphatic rings. The van der Waals surface area contributed by atoms with Crippen LogP contribution in [0.15, 0.2) is 36.4 Å². The number of anilines is 1. The third kappa shape index (κ3) is 4.83. The molecule has 2 aromatic carbocycles. The molecule has 0 radical (unpaired) electrons. The average molecular weight is 339 g/mol. The third-order valence-corrected chi connectivity index (χ3v) is 3.36. The lowest BCUT2D eigenvalue weighted by molar-refractivity contribution is 0.234. The van der Waals surface area contributed by atoms with Crippen molar-refractivity contribution in [2.24, 2.45) is 0 Å². The molecule has 0 fully saturated rings. The van der Waals surface area contributed by atoms with Gasteiger partial charge in [0.15, 0.2) is 6.73 Å². The Balaban J connectivity index is 1.85. The minimum atomic E-state index is -0.352. The molecule has 0 saturated heterocycles. The molecule has 2 rings (SSSR count). The van der Waals surface area contributed by atoms with Gasteiger partial charge in [-0.15, -0.1) is 0 Å². The second-order valence-electron chi connectivity index (χ2n) is 4.87. The van der Waals surface area contributed by atoms with Crippen molar-refractivity contribution in [2.75, 3.05) is 12.0 Å². The number of aryl methyl sites for hydroxylation is 2. The van der Waals surface area contributed by atoms with Crippen molar-refractivity contribution in [3.05, 3.63) is 57.6 Å². The zero-order valence-corrected chi connectivity index (χ0v) is 13.8. The van der Waals surface area contributed by atoms with Crippen molar-refractivity contribution in [1.29, 1.82) is 0 Å². The van der Waals surface area contributed by atoms with Crippen molar-refractivity contribution in [2.45, 2.75) is 13.8 Å². The molecule has 4 nitrogen and oxygen atoms in total. The third-order valence-electron chi connectivity index (χ3n) is 2.83. The summed E-state index contributed by atoms with van der Waals surface area (Å²) in [4.78, 5) is 11.8. The number of hydrogen-bond donors (Lipinski definition) is 2. The Morgan fingerprint density at radius 2 is 1.77 bits per heavy atom. The number of nitrogens with one attached hydrogen (secondary N) is 2. The number of hydrogen-bond acceptors (Lipinski definition) is 2. The van der Waals surface area contributed by atoms with Crippen LogP contribution in [0.25, 0.3) is 0 Å². The molecular formula is C16H16Cl2N2O2. The van der Waals surface area contributed by atoms with E-state index in [2.05, 4.69) is 10.6 Å². The fourth-order valence-electron chi connectivity index (χ4n) is 1.99. The summed E-state index contributed by atoms with van der Waals surface area (Å²) in [7, 11) is 0. The van der Waals surface area contributed by atoms with Gasteiger partial charge in [-0.2, -0.15) is 0 Å². The van der Waals surface area contributed by atoms with Crippen LogP contribution in [0, 0.1) is 13.8 Å². The Bertz CT molecular complexity index is 670. The Morgan fingerprint density at radius 1 is 1.09 bits per heavy atom. The van der Waals surface area contributed by atoms with E-state index >= 15 is 0 Å². The van der Waals surface area contributed by atoms with Crippen LogP contribution in [-0.4, -0.2) is 12.8 Å². The van der Waals surface area contributed by atoms with E-state index in [0.29, 0.717) is 15.8 Å². The van der Waals surface area contributed by atoms with Gasteiger partial charge >= 0.3 is 6.03 Å². The predicted molar refractivity (Wildman–Crippen MR) is 90.0 cm³/mol. The van der Waals surface area contributed by atoms with Crippen LogP contribution < -0.4 is 15.4 Å². The highest BCUT2D eigenvalue weighted by Gasteiger charge is 2.05. The van der Waals surface area contributed by atoms with Gasteiger partial charge in [0.1, 0.15) is 5.75 Å². The van der Waals surface area contributed by atoms with E-state index in [1.165, 1.54) is 0 Å². The number of benzene rings is 2. The van der Waals surface area contributed by atoms with E-state index in [4.69, 9.17) is 27.9 Å². The molecule has 0 aliphatic heterocycles. The smallest absolute Gasteiger partial charge is 0.321 e. The van der Waals surface area contributed by atoms with Crippen molar-refractivity contribution >= 4 is 34.9 Å². The number of carbonyl (C=O) groups is 1. The number of halogens is 2. The molecule has 0 atom stereocenters. The Hall–Kier alpha value is -1.91. The first-order valence-electron chi connectivity index (χ1n) is 6.65. The first-order valence-corrected chi connectivity index (χ1v) is 7.40. The summed E-state index contributed by atoms with van der Waals surface area (Å²) in [5, 5.41) is 6.26. The molecule has 2 amide bonds. The van der Waals surface area contributed by atoms with Gasteiger partial charge in [-0.25, -0.2) is 4.79 Å². The number of rotatable bonds is 4. The molecule has 22 heavy (non-hydrogen) atoms. The minimum absolute atomic E-state index is 0.00200. The Kier molecular flexibility index (Phi) is 5.52. The van der Waals surface area contributed by atoms with Crippen molar-refractivity contribution < 1.29 is 9.53 Å². The van der Waals surface area contributed by atoms with Gasteiger partial charge < -0.3 is 15.4 Å². The van der Waals surface area contributed by atoms with Crippen molar-refractivity contribution in [3.8, 4) is 5.75 Å². The number of carbonyl (C=O) groups excluding carboxylic acids is 1. The van der Waals surface area contributed by atoms with Gasteiger partial charge in [-0.05, 0) is 55.3 Å². The molecule has 2 N–H and O–H groups in total. The van der Waals surface area contributed by atoms with E-state index in [0.717, 1.165) is 16.8 Å². The standard InChI is InChI=1S/C16H16Cl2N2O2/c1-10-5-11(2)7-13(6-10)20-16(21)19-9-22-15-4-3-12(17)8-14(15)18/h3-8H,9H2,1-2H3,(H2,19,20,21). The summed E-state index contributed by atoms with van der Waals surface area (Å²) >= 11 is 11.8. The first kappa shape index (κ1) is 16.5. The molecular weight excluding hydrogens is 323 g/mol. The second kappa shape index (κ2) is 7.38. The summed E-state index contributed by atoms with van der Waals surface area (Å²) in [6.07, 6.45) is 0. The monoisotopic (exact) mass is 338 g/mol. The average Bonchev–Trinajstić information content (AvgIpc) is 2.40. The quantitative estimate of drug-likeness (QED) is 0.789. The van der Waals surface area contributed by atoms with E-state index in [9.17, 15) is 4.79 Å². The molecule has 2 aromatic rings. The second-order valence-corrected chi connectivity index (χ2v) is 5.71. The predicted octanol–water partition coefficient (Wildman–Crippen LogP) is 4.77. The van der Waals surface area contributed by atoms with Gasteiger partial charge in [-0.3, -0.25) is 0 Å². The lowest BCUT2D eigenvalue weighted by Crippen LogP contribution is -2.32. The molecule has 0 saturated carbocycles. The van der Waals surface area contributed by atoms with Crippen molar-refractivity contribution in [3.63, 3.8) is 0 Å². The van der Waals surface area contributed by atoms with Crippen LogP contribution in [-0.2, 0) is 0 Å². The molecule has 6 heteroatoms. The molecule has 0 aromatic heterocycles. The molecule has 0 bridgehead atoms. The van der Waals surface area contributed by atoms with Crippen LogP contribution >= 0.6 is 23.2 Å². The Morgan fingerprint density at radius 3 is 2.41 bits per heavy atom. The zero-order chi connectivity index (χ0) is 16.1. The summed E-state index contributed by atoms with van der Waals surface area (Å²) in [6, 6.07) is 10.4. The van der Waals surface area contributed by atoms with E-state index in [1.54, 1.807) is 18.2 Å². The van der Waals surface area contributed by atoms with E-state index < -0.39 is 0 Å². The van der Waals surface area contributed by atoms with Crippen LogP contribution in [0.1, 0.15) is 11.1 Å². The van der Waals surface area contributed by atoms with E-state index in [-0.39, 0.29) is 12.8 Å². The van der Waals surface area contributed by atoms with Crippen LogP contribution in [0.3, 0.4) is 0 Å². The molecule has 0 unspecified atom stereocenters. The van der Waals surface area contributed by atoms with Crippen LogP contribution in [0.4, 0.5) is 10.5 Å². The van der Waals surface area contributed by atoms with E-state index in [1.807, 2.05) is 32.0 Å². The highest BCUT2D eigenvalue weighted by Crippen LogP contribution is 2.27. The molecule has 0 spiro atoms. The Labute approximate surface area is 139 Å². The SMILES string of the molecule is Cc1cc(C)cc(NC(=O)NCOc2ccc(Cl)cc2Cl)c1. The number of urea groups is 1. The normalized spacial score (nSPS) is 10.2. The molecule has 0 heterocycles. The topological polar surface area (TPSA) is 50.4 Å². The minimum Gasteiger partial charge on any atom is -0.472 e. The lowest BCUT2D eigenvalue weighted by Gasteiger charge is -2.11. The summed E-state index contributed by atoms with van der Waals surface area (Å²) in [5.74, 6) is 0.456. The maximum Gasteiger partial charge on any atom is 0.321 e. The van der Waals surface area contributed by atoms with Crippen LogP contribution in [0.5, 0.6) is 5.75 Å². The van der Waals surface area contributed by atoms with Gasteiger partial charge in [-0.1, -0.05) is 29.3 Å².